The van der Waals surface area contributed by atoms with Gasteiger partial charge in [-0.15, -0.1) is 0 Å². The van der Waals surface area contributed by atoms with E-state index in [2.05, 4.69) is 60.0 Å². The Morgan fingerprint density at radius 2 is 1.55 bits per heavy atom. The maximum absolute atomic E-state index is 12.4. The van der Waals surface area contributed by atoms with Gasteiger partial charge in [-0.05, 0) is 149 Å². The molecule has 2 N–H and O–H groups in total. The minimum atomic E-state index is -1.76. The number of amides is 1. The molecule has 0 aliphatic heterocycles. The largest absolute Gasteiger partial charge is 0.480 e. The van der Waals surface area contributed by atoms with Crippen LogP contribution in [0.5, 0.6) is 0 Å². The summed E-state index contributed by atoms with van der Waals surface area (Å²) in [5.41, 5.74) is 0.0184. The zero-order valence-corrected chi connectivity index (χ0v) is 29.8. The van der Waals surface area contributed by atoms with Crippen LogP contribution in [0.2, 0.25) is 18.1 Å². The Bertz CT molecular complexity index is 1000. The monoisotopic (exact) mass is 605 g/mol. The molecular formula is C35H63NO5Si. The second-order valence-corrected chi connectivity index (χ2v) is 22.7. The van der Waals surface area contributed by atoms with Crippen LogP contribution in [0.3, 0.4) is 0 Å². The highest BCUT2D eigenvalue weighted by Gasteiger charge is 2.61. The van der Waals surface area contributed by atoms with Crippen molar-refractivity contribution in [2.75, 3.05) is 0 Å². The SMILES string of the molecule is CC(CC(NC(=O)OC(C)(C)C)C(=O)O)[C@H]1CC[C@H]2[C@@H]3CC[C@@H]4C[C@H](O[Si](C)(C)C(C)(C)C)CC[C@]4(C)[C@H]3CC[C@]12C. The molecule has 4 saturated carbocycles. The van der Waals surface area contributed by atoms with Crippen molar-refractivity contribution in [3.63, 3.8) is 0 Å². The highest BCUT2D eigenvalue weighted by Crippen LogP contribution is 2.68. The van der Waals surface area contributed by atoms with Gasteiger partial charge in [0, 0.05) is 6.10 Å². The fraction of sp³-hybridized carbons (Fsp3) is 0.943. The first-order valence-corrected chi connectivity index (χ1v) is 20.0. The molecule has 0 aromatic rings. The average Bonchev–Trinajstić information content (AvgIpc) is 3.19. The van der Waals surface area contributed by atoms with E-state index in [0.717, 1.165) is 23.7 Å². The van der Waals surface area contributed by atoms with E-state index in [9.17, 15) is 14.7 Å². The molecule has 4 aliphatic carbocycles. The molecule has 1 amide bonds. The molecule has 0 heterocycles. The van der Waals surface area contributed by atoms with Gasteiger partial charge in [0.2, 0.25) is 0 Å². The van der Waals surface area contributed by atoms with E-state index in [4.69, 9.17) is 9.16 Å². The predicted molar refractivity (Wildman–Crippen MR) is 172 cm³/mol. The van der Waals surface area contributed by atoms with Crippen molar-refractivity contribution >= 4 is 20.4 Å². The van der Waals surface area contributed by atoms with E-state index in [0.29, 0.717) is 23.9 Å². The lowest BCUT2D eigenvalue weighted by Crippen LogP contribution is -2.55. The first kappa shape index (κ1) is 33.8. The molecule has 0 radical (unpaired) electrons. The van der Waals surface area contributed by atoms with Gasteiger partial charge in [0.05, 0.1) is 0 Å². The van der Waals surface area contributed by atoms with Crippen LogP contribution < -0.4 is 5.32 Å². The summed E-state index contributed by atoms with van der Waals surface area (Å²) in [6.07, 6.45) is 11.7. The summed E-state index contributed by atoms with van der Waals surface area (Å²) in [5, 5.41) is 12.9. The molecule has 7 heteroatoms. The Hall–Kier alpha value is -1.08. The molecule has 10 atom stereocenters. The number of rotatable bonds is 7. The molecule has 4 rings (SSSR count). The number of hydrogen-bond acceptors (Lipinski definition) is 4. The van der Waals surface area contributed by atoms with Gasteiger partial charge in [-0.3, -0.25) is 0 Å². The maximum atomic E-state index is 12.4. The molecule has 6 nitrogen and oxygen atoms in total. The fourth-order valence-electron chi connectivity index (χ4n) is 10.1. The second-order valence-electron chi connectivity index (χ2n) is 17.9. The van der Waals surface area contributed by atoms with E-state index in [-0.39, 0.29) is 16.4 Å². The van der Waals surface area contributed by atoms with Crippen molar-refractivity contribution in [1.82, 2.24) is 5.32 Å². The third kappa shape index (κ3) is 6.62. The van der Waals surface area contributed by atoms with Gasteiger partial charge >= 0.3 is 12.1 Å². The van der Waals surface area contributed by atoms with Gasteiger partial charge in [-0.2, -0.15) is 0 Å². The standard InChI is InChI=1S/C35H63NO5Si/c1-22(20-29(30(37)38)36-31(39)40-32(2,3)4)26-14-15-27-25-13-12-23-21-24(41-42(10,11)33(5,6)7)16-18-34(23,8)28(25)17-19-35(26,27)9/h22-29H,12-21H2,1-11H3,(H,36,39)(H,37,38)/t22?,23-,24-,25+,26-,27+,28+,29?,34+,35-/m1/s1. The Morgan fingerprint density at radius 3 is 2.14 bits per heavy atom. The van der Waals surface area contributed by atoms with Crippen LogP contribution in [-0.4, -0.2) is 43.2 Å². The van der Waals surface area contributed by atoms with Gasteiger partial charge in [-0.1, -0.05) is 41.5 Å². The minimum absolute atomic E-state index is 0.224. The van der Waals surface area contributed by atoms with Crippen molar-refractivity contribution in [2.45, 2.75) is 162 Å². The van der Waals surface area contributed by atoms with Crippen molar-refractivity contribution in [1.29, 1.82) is 0 Å². The summed E-state index contributed by atoms with van der Waals surface area (Å²) in [7, 11) is -1.76. The van der Waals surface area contributed by atoms with E-state index in [1.807, 2.05) is 0 Å². The van der Waals surface area contributed by atoms with Crippen molar-refractivity contribution < 1.29 is 23.9 Å². The Kier molecular flexibility index (Phi) is 9.41. The maximum Gasteiger partial charge on any atom is 0.408 e. The highest BCUT2D eigenvalue weighted by atomic mass is 28.4. The molecule has 4 fully saturated rings. The smallest absolute Gasteiger partial charge is 0.408 e. The Labute approximate surface area is 258 Å². The molecule has 42 heavy (non-hydrogen) atoms. The van der Waals surface area contributed by atoms with Gasteiger partial charge in [0.25, 0.3) is 0 Å². The molecule has 242 valence electrons. The van der Waals surface area contributed by atoms with E-state index in [1.54, 1.807) is 20.8 Å². The molecule has 0 spiro atoms. The molecule has 4 aliphatic rings. The van der Waals surface area contributed by atoms with Crippen molar-refractivity contribution in [3.8, 4) is 0 Å². The number of carbonyl (C=O) groups excluding carboxylic acids is 1. The molecule has 0 aromatic heterocycles. The van der Waals surface area contributed by atoms with Crippen LogP contribution in [-0.2, 0) is 14.0 Å². The summed E-state index contributed by atoms with van der Waals surface area (Å²) in [4.78, 5) is 24.5. The molecule has 0 saturated heterocycles. The number of ether oxygens (including phenoxy) is 1. The summed E-state index contributed by atoms with van der Waals surface area (Å²) >= 11 is 0. The summed E-state index contributed by atoms with van der Waals surface area (Å²) < 4.78 is 12.3. The molecule has 0 bridgehead atoms. The lowest BCUT2D eigenvalue weighted by molar-refractivity contribution is -0.140. The predicted octanol–water partition coefficient (Wildman–Crippen LogP) is 9.04. The van der Waals surface area contributed by atoms with Crippen LogP contribution in [0.15, 0.2) is 0 Å². The lowest BCUT2D eigenvalue weighted by atomic mass is 9.44. The van der Waals surface area contributed by atoms with Crippen LogP contribution in [0, 0.1) is 46.3 Å². The third-order valence-corrected chi connectivity index (χ3v) is 17.8. The van der Waals surface area contributed by atoms with Crippen LogP contribution in [0.1, 0.15) is 127 Å². The summed E-state index contributed by atoms with van der Waals surface area (Å²) in [6, 6.07) is -0.924. The average molecular weight is 606 g/mol. The molecule has 0 aromatic carbocycles. The van der Waals surface area contributed by atoms with Gasteiger partial charge in [-0.25, -0.2) is 9.59 Å². The van der Waals surface area contributed by atoms with Crippen molar-refractivity contribution in [3.05, 3.63) is 0 Å². The summed E-state index contributed by atoms with van der Waals surface area (Å²) in [6.45, 7) is 24.6. The third-order valence-electron chi connectivity index (χ3n) is 13.2. The first-order chi connectivity index (χ1) is 19.2. The van der Waals surface area contributed by atoms with E-state index < -0.39 is 32.0 Å². The topological polar surface area (TPSA) is 84.9 Å². The van der Waals surface area contributed by atoms with Crippen LogP contribution >= 0.6 is 0 Å². The number of carboxylic acid groups (broad SMARTS) is 1. The first-order valence-electron chi connectivity index (χ1n) is 17.1. The highest BCUT2D eigenvalue weighted by molar-refractivity contribution is 6.74. The van der Waals surface area contributed by atoms with Gasteiger partial charge in [0.1, 0.15) is 11.6 Å². The normalized spacial score (nSPS) is 38.5. The number of hydrogen-bond donors (Lipinski definition) is 2. The van der Waals surface area contributed by atoms with Gasteiger partial charge in [0.15, 0.2) is 8.32 Å². The zero-order valence-electron chi connectivity index (χ0n) is 28.8. The van der Waals surface area contributed by atoms with Crippen molar-refractivity contribution in [2.24, 2.45) is 46.3 Å². The number of nitrogens with one attached hydrogen (secondary N) is 1. The number of carboxylic acids is 1. The van der Waals surface area contributed by atoms with Crippen LogP contribution in [0.25, 0.3) is 0 Å². The Balaban J connectivity index is 1.41. The molecular weight excluding hydrogens is 542 g/mol. The lowest BCUT2D eigenvalue weighted by Gasteiger charge is -2.61. The zero-order chi connectivity index (χ0) is 31.5. The summed E-state index contributed by atoms with van der Waals surface area (Å²) in [5.74, 6) is 2.83. The minimum Gasteiger partial charge on any atom is -0.480 e. The fourth-order valence-corrected chi connectivity index (χ4v) is 11.5. The number of alkyl carbamates (subject to hydrolysis) is 1. The van der Waals surface area contributed by atoms with Crippen LogP contribution in [0.4, 0.5) is 4.79 Å². The van der Waals surface area contributed by atoms with Gasteiger partial charge < -0.3 is 19.6 Å². The second kappa shape index (κ2) is 11.7. The quantitative estimate of drug-likeness (QED) is 0.283. The molecule has 2 unspecified atom stereocenters. The number of carbonyl (C=O) groups is 2. The number of aliphatic carboxylic acids is 1. The van der Waals surface area contributed by atoms with E-state index >= 15 is 0 Å². The number of fused-ring (bicyclic) bond motifs is 5. The Morgan fingerprint density at radius 1 is 0.929 bits per heavy atom. The van der Waals surface area contributed by atoms with E-state index in [1.165, 1.54) is 57.8 Å².